The number of likely N-dealkylation sites (N-methyl/N-ethyl adjacent to an activating group) is 1. The minimum atomic E-state index is -0.0515. The summed E-state index contributed by atoms with van der Waals surface area (Å²) in [4.78, 5) is 27.2. The van der Waals surface area contributed by atoms with Crippen LogP contribution in [0.4, 0.5) is 11.4 Å². The smallest absolute Gasteiger partial charge is 0.238 e. The van der Waals surface area contributed by atoms with Crippen LogP contribution in [0.3, 0.4) is 0 Å². The van der Waals surface area contributed by atoms with E-state index in [4.69, 9.17) is 0 Å². The van der Waals surface area contributed by atoms with Gasteiger partial charge < -0.3 is 15.1 Å². The van der Waals surface area contributed by atoms with Gasteiger partial charge in [-0.05, 0) is 44.3 Å². The zero-order valence-electron chi connectivity index (χ0n) is 12.3. The first-order valence-corrected chi connectivity index (χ1v) is 8.02. The molecule has 1 aromatic carbocycles. The molecule has 0 aliphatic carbocycles. The standard InChI is InChI=1S/C15H20BrN3O2/c1-18(2)10-14(20)17-12-3-5-13(6-4-12)19-9-11(8-16)7-15(19)21/h3-6,11H,7-10H2,1-2H3,(H,17,20). The summed E-state index contributed by atoms with van der Waals surface area (Å²) in [6.45, 7) is 1.09. The summed E-state index contributed by atoms with van der Waals surface area (Å²) in [5.74, 6) is 0.477. The van der Waals surface area contributed by atoms with Crippen molar-refractivity contribution < 1.29 is 9.59 Å². The van der Waals surface area contributed by atoms with E-state index >= 15 is 0 Å². The van der Waals surface area contributed by atoms with Gasteiger partial charge in [0.25, 0.3) is 0 Å². The molecule has 2 rings (SSSR count). The third-order valence-corrected chi connectivity index (χ3v) is 4.26. The number of nitrogens with one attached hydrogen (secondary N) is 1. The fraction of sp³-hybridized carbons (Fsp3) is 0.467. The van der Waals surface area contributed by atoms with E-state index in [1.54, 1.807) is 4.90 Å². The summed E-state index contributed by atoms with van der Waals surface area (Å²) in [7, 11) is 3.70. The first kappa shape index (κ1) is 16.0. The monoisotopic (exact) mass is 353 g/mol. The average Bonchev–Trinajstić information content (AvgIpc) is 2.80. The van der Waals surface area contributed by atoms with Gasteiger partial charge in [0.15, 0.2) is 0 Å². The van der Waals surface area contributed by atoms with E-state index in [0.29, 0.717) is 18.9 Å². The number of anilines is 2. The van der Waals surface area contributed by atoms with Gasteiger partial charge in [0, 0.05) is 29.7 Å². The zero-order valence-corrected chi connectivity index (χ0v) is 13.9. The lowest BCUT2D eigenvalue weighted by Gasteiger charge is -2.17. The van der Waals surface area contributed by atoms with Crippen LogP contribution in [0.5, 0.6) is 0 Å². The van der Waals surface area contributed by atoms with Crippen molar-refractivity contribution in [1.29, 1.82) is 0 Å². The summed E-state index contributed by atoms with van der Waals surface area (Å²) < 4.78 is 0. The maximum absolute atomic E-state index is 12.0. The van der Waals surface area contributed by atoms with Crippen LogP contribution >= 0.6 is 15.9 Å². The van der Waals surface area contributed by atoms with Crippen LogP contribution in [-0.4, -0.2) is 49.2 Å². The molecule has 2 amide bonds. The van der Waals surface area contributed by atoms with Crippen LogP contribution in [0.15, 0.2) is 24.3 Å². The van der Waals surface area contributed by atoms with Crippen molar-refractivity contribution in [2.75, 3.05) is 42.7 Å². The van der Waals surface area contributed by atoms with E-state index in [0.717, 1.165) is 23.2 Å². The summed E-state index contributed by atoms with van der Waals surface area (Å²) >= 11 is 3.43. The molecule has 1 saturated heterocycles. The largest absolute Gasteiger partial charge is 0.325 e. The summed E-state index contributed by atoms with van der Waals surface area (Å²) in [6, 6.07) is 7.41. The van der Waals surface area contributed by atoms with E-state index in [-0.39, 0.29) is 11.8 Å². The second-order valence-electron chi connectivity index (χ2n) is 5.56. The number of rotatable bonds is 5. The van der Waals surface area contributed by atoms with Gasteiger partial charge in [-0.25, -0.2) is 0 Å². The minimum Gasteiger partial charge on any atom is -0.325 e. The van der Waals surface area contributed by atoms with Gasteiger partial charge in [-0.1, -0.05) is 15.9 Å². The molecule has 5 nitrogen and oxygen atoms in total. The highest BCUT2D eigenvalue weighted by Gasteiger charge is 2.29. The van der Waals surface area contributed by atoms with Crippen molar-refractivity contribution >= 4 is 39.1 Å². The maximum Gasteiger partial charge on any atom is 0.238 e. The molecule has 1 fully saturated rings. The Labute approximate surface area is 133 Å². The van der Waals surface area contributed by atoms with E-state index in [1.165, 1.54) is 0 Å². The number of benzene rings is 1. The van der Waals surface area contributed by atoms with Crippen molar-refractivity contribution in [3.63, 3.8) is 0 Å². The van der Waals surface area contributed by atoms with Gasteiger partial charge in [0.2, 0.25) is 11.8 Å². The Morgan fingerprint density at radius 3 is 2.57 bits per heavy atom. The van der Waals surface area contributed by atoms with E-state index in [2.05, 4.69) is 21.2 Å². The topological polar surface area (TPSA) is 52.7 Å². The predicted octanol–water partition coefficient (Wildman–Crippen LogP) is 1.93. The van der Waals surface area contributed by atoms with Crippen LogP contribution in [-0.2, 0) is 9.59 Å². The first-order chi connectivity index (χ1) is 9.99. The van der Waals surface area contributed by atoms with Gasteiger partial charge in [-0.15, -0.1) is 0 Å². The molecule has 6 heteroatoms. The Kier molecular flexibility index (Phi) is 5.36. The molecule has 1 unspecified atom stereocenters. The highest BCUT2D eigenvalue weighted by Crippen LogP contribution is 2.27. The van der Waals surface area contributed by atoms with Crippen LogP contribution in [0.2, 0.25) is 0 Å². The highest BCUT2D eigenvalue weighted by atomic mass is 79.9. The Balaban J connectivity index is 1.99. The van der Waals surface area contributed by atoms with Crippen molar-refractivity contribution in [2.24, 2.45) is 5.92 Å². The molecular formula is C15H20BrN3O2. The van der Waals surface area contributed by atoms with Crippen molar-refractivity contribution in [3.8, 4) is 0 Å². The van der Waals surface area contributed by atoms with Crippen LogP contribution in [0, 0.1) is 5.92 Å². The van der Waals surface area contributed by atoms with Crippen molar-refractivity contribution in [2.45, 2.75) is 6.42 Å². The van der Waals surface area contributed by atoms with E-state index < -0.39 is 0 Å². The third kappa shape index (κ3) is 4.28. The Morgan fingerprint density at radius 1 is 1.38 bits per heavy atom. The number of hydrogen-bond donors (Lipinski definition) is 1. The molecule has 1 heterocycles. The minimum absolute atomic E-state index is 0.0515. The molecule has 0 spiro atoms. The Hall–Kier alpha value is -1.40. The van der Waals surface area contributed by atoms with Gasteiger partial charge in [0.1, 0.15) is 0 Å². The molecule has 0 aromatic heterocycles. The quantitative estimate of drug-likeness (QED) is 0.823. The van der Waals surface area contributed by atoms with Crippen LogP contribution < -0.4 is 10.2 Å². The fourth-order valence-electron chi connectivity index (χ4n) is 2.35. The molecule has 1 aliphatic heterocycles. The number of hydrogen-bond acceptors (Lipinski definition) is 3. The van der Waals surface area contributed by atoms with Crippen molar-refractivity contribution in [3.05, 3.63) is 24.3 Å². The molecule has 114 valence electrons. The zero-order chi connectivity index (χ0) is 15.4. The van der Waals surface area contributed by atoms with Gasteiger partial charge in [-0.3, -0.25) is 9.59 Å². The molecule has 1 N–H and O–H groups in total. The Morgan fingerprint density at radius 2 is 2.05 bits per heavy atom. The van der Waals surface area contributed by atoms with E-state index in [1.807, 2.05) is 43.3 Å². The lowest BCUT2D eigenvalue weighted by atomic mass is 10.2. The third-order valence-electron chi connectivity index (χ3n) is 3.35. The average molecular weight is 354 g/mol. The second kappa shape index (κ2) is 7.04. The lowest BCUT2D eigenvalue weighted by molar-refractivity contribution is -0.117. The SMILES string of the molecule is CN(C)CC(=O)Nc1ccc(N2CC(CBr)CC2=O)cc1. The molecule has 0 radical (unpaired) electrons. The number of nitrogens with zero attached hydrogens (tertiary/aromatic N) is 2. The first-order valence-electron chi connectivity index (χ1n) is 6.90. The molecule has 0 saturated carbocycles. The summed E-state index contributed by atoms with van der Waals surface area (Å²) in [6.07, 6.45) is 0.590. The van der Waals surface area contributed by atoms with Crippen LogP contribution in [0.25, 0.3) is 0 Å². The second-order valence-corrected chi connectivity index (χ2v) is 6.21. The van der Waals surface area contributed by atoms with Crippen molar-refractivity contribution in [1.82, 2.24) is 4.90 Å². The predicted molar refractivity (Wildman–Crippen MR) is 87.9 cm³/mol. The summed E-state index contributed by atoms with van der Waals surface area (Å²) in [5, 5.41) is 3.67. The molecular weight excluding hydrogens is 334 g/mol. The number of alkyl halides is 1. The number of halogens is 1. The molecule has 1 aliphatic rings. The highest BCUT2D eigenvalue weighted by molar-refractivity contribution is 9.09. The molecule has 0 bridgehead atoms. The fourth-order valence-corrected chi connectivity index (χ4v) is 2.78. The number of amides is 2. The maximum atomic E-state index is 12.0. The van der Waals surface area contributed by atoms with Gasteiger partial charge in [0.05, 0.1) is 6.54 Å². The number of carbonyl (C=O) groups excluding carboxylic acids is 2. The molecule has 1 aromatic rings. The lowest BCUT2D eigenvalue weighted by Crippen LogP contribution is -2.27. The summed E-state index contributed by atoms with van der Waals surface area (Å²) in [5.41, 5.74) is 1.63. The normalized spacial score (nSPS) is 18.4. The number of carbonyl (C=O) groups is 2. The van der Waals surface area contributed by atoms with E-state index in [9.17, 15) is 9.59 Å². The van der Waals surface area contributed by atoms with Crippen LogP contribution in [0.1, 0.15) is 6.42 Å². The van der Waals surface area contributed by atoms with Gasteiger partial charge >= 0.3 is 0 Å². The molecule has 1 atom stereocenters. The molecule has 21 heavy (non-hydrogen) atoms. The van der Waals surface area contributed by atoms with Gasteiger partial charge in [-0.2, -0.15) is 0 Å². The Bertz CT molecular complexity index is 516.